The Hall–Kier alpha value is -1.07. The SMILES string of the molecule is COc1cc(C)c(S(=O)(=O)N2C[C@H](C)C[C@@H](C)C2)cc1C. The van der Waals surface area contributed by atoms with Crippen molar-refractivity contribution in [1.82, 2.24) is 4.31 Å². The minimum Gasteiger partial charge on any atom is -0.496 e. The highest BCUT2D eigenvalue weighted by atomic mass is 32.2. The molecule has 1 saturated heterocycles. The second-order valence-electron chi connectivity index (χ2n) is 6.36. The minimum absolute atomic E-state index is 0.405. The lowest BCUT2D eigenvalue weighted by Gasteiger charge is -2.34. The van der Waals surface area contributed by atoms with Crippen LogP contribution in [0.5, 0.6) is 5.75 Å². The summed E-state index contributed by atoms with van der Waals surface area (Å²) in [7, 11) is -1.83. The third-order valence-electron chi connectivity index (χ3n) is 4.15. The molecule has 2 rings (SSSR count). The Bertz CT molecular complexity index is 615. The number of methoxy groups -OCH3 is 1. The fourth-order valence-electron chi connectivity index (χ4n) is 3.20. The molecule has 1 aliphatic heterocycles. The molecule has 1 aliphatic rings. The van der Waals surface area contributed by atoms with Crippen LogP contribution in [0.15, 0.2) is 17.0 Å². The first-order chi connectivity index (χ1) is 9.75. The highest BCUT2D eigenvalue weighted by molar-refractivity contribution is 7.89. The van der Waals surface area contributed by atoms with E-state index in [4.69, 9.17) is 4.74 Å². The molecular weight excluding hydrogens is 286 g/mol. The Kier molecular flexibility index (Phi) is 4.63. The summed E-state index contributed by atoms with van der Waals surface area (Å²) >= 11 is 0. The summed E-state index contributed by atoms with van der Waals surface area (Å²) < 4.78 is 32.8. The van der Waals surface area contributed by atoms with Gasteiger partial charge >= 0.3 is 0 Å². The van der Waals surface area contributed by atoms with E-state index in [-0.39, 0.29) is 0 Å². The average Bonchev–Trinajstić information content (AvgIpc) is 2.39. The van der Waals surface area contributed by atoms with Gasteiger partial charge in [0.2, 0.25) is 10.0 Å². The summed E-state index contributed by atoms with van der Waals surface area (Å²) in [5, 5.41) is 0. The van der Waals surface area contributed by atoms with Gasteiger partial charge in [-0.15, -0.1) is 0 Å². The number of piperidine rings is 1. The second-order valence-corrected chi connectivity index (χ2v) is 8.26. The summed E-state index contributed by atoms with van der Waals surface area (Å²) in [5.41, 5.74) is 1.59. The molecule has 0 aromatic heterocycles. The van der Waals surface area contributed by atoms with Gasteiger partial charge in [0.05, 0.1) is 12.0 Å². The molecule has 1 fully saturated rings. The first kappa shape index (κ1) is 16.3. The van der Waals surface area contributed by atoms with E-state index in [2.05, 4.69) is 13.8 Å². The Morgan fingerprint density at radius 1 is 1.10 bits per heavy atom. The van der Waals surface area contributed by atoms with Crippen molar-refractivity contribution in [2.45, 2.75) is 39.0 Å². The lowest BCUT2D eigenvalue weighted by Crippen LogP contribution is -2.42. The van der Waals surface area contributed by atoms with Crippen LogP contribution in [0.3, 0.4) is 0 Å². The molecule has 4 nitrogen and oxygen atoms in total. The number of aryl methyl sites for hydroxylation is 2. The Labute approximate surface area is 128 Å². The number of sulfonamides is 1. The first-order valence-electron chi connectivity index (χ1n) is 7.41. The fourth-order valence-corrected chi connectivity index (χ4v) is 5.17. The highest BCUT2D eigenvalue weighted by Gasteiger charge is 2.32. The Balaban J connectivity index is 2.42. The smallest absolute Gasteiger partial charge is 0.243 e. The van der Waals surface area contributed by atoms with E-state index in [9.17, 15) is 8.42 Å². The van der Waals surface area contributed by atoms with Crippen LogP contribution >= 0.6 is 0 Å². The fraction of sp³-hybridized carbons (Fsp3) is 0.625. The molecule has 1 aromatic rings. The summed E-state index contributed by atoms with van der Waals surface area (Å²) in [6.45, 7) is 9.15. The molecule has 118 valence electrons. The number of rotatable bonds is 3. The molecule has 0 spiro atoms. The number of hydrogen-bond acceptors (Lipinski definition) is 3. The molecular formula is C16H25NO3S. The normalized spacial score (nSPS) is 24.0. The van der Waals surface area contributed by atoms with Gasteiger partial charge in [-0.25, -0.2) is 8.42 Å². The maximum atomic E-state index is 12.9. The monoisotopic (exact) mass is 311 g/mol. The molecule has 0 saturated carbocycles. The molecule has 0 N–H and O–H groups in total. The summed E-state index contributed by atoms with van der Waals surface area (Å²) in [6.07, 6.45) is 1.09. The Morgan fingerprint density at radius 2 is 1.67 bits per heavy atom. The quantitative estimate of drug-likeness (QED) is 0.862. The zero-order valence-corrected chi connectivity index (χ0v) is 14.3. The largest absolute Gasteiger partial charge is 0.496 e. The van der Waals surface area contributed by atoms with Crippen molar-refractivity contribution in [3.8, 4) is 5.75 Å². The molecule has 0 unspecified atom stereocenters. The van der Waals surface area contributed by atoms with Crippen molar-refractivity contribution < 1.29 is 13.2 Å². The van der Waals surface area contributed by atoms with Gasteiger partial charge in [0.15, 0.2) is 0 Å². The van der Waals surface area contributed by atoms with Gasteiger partial charge in [0.1, 0.15) is 5.75 Å². The van der Waals surface area contributed by atoms with Gasteiger partial charge in [-0.1, -0.05) is 13.8 Å². The third-order valence-corrected chi connectivity index (χ3v) is 6.12. The second kappa shape index (κ2) is 5.97. The van der Waals surface area contributed by atoms with E-state index in [1.807, 2.05) is 13.8 Å². The van der Waals surface area contributed by atoms with Crippen LogP contribution in [0.25, 0.3) is 0 Å². The van der Waals surface area contributed by atoms with Crippen LogP contribution in [0.2, 0.25) is 0 Å². The van der Waals surface area contributed by atoms with Crippen LogP contribution < -0.4 is 4.74 Å². The van der Waals surface area contributed by atoms with E-state index >= 15 is 0 Å². The molecule has 0 aliphatic carbocycles. The summed E-state index contributed by atoms with van der Waals surface area (Å²) in [4.78, 5) is 0.405. The molecule has 5 heteroatoms. The topological polar surface area (TPSA) is 46.6 Å². The number of hydrogen-bond donors (Lipinski definition) is 0. The van der Waals surface area contributed by atoms with Gasteiger partial charge < -0.3 is 4.74 Å². The van der Waals surface area contributed by atoms with Crippen molar-refractivity contribution in [2.75, 3.05) is 20.2 Å². The standard InChI is InChI=1S/C16H25NO3S/c1-11-6-12(2)10-17(9-11)21(18,19)16-8-13(3)15(20-5)7-14(16)4/h7-8,11-12H,6,9-10H2,1-5H3/t11-,12-/m1/s1. The number of ether oxygens (including phenoxy) is 1. The van der Waals surface area contributed by atoms with Crippen molar-refractivity contribution in [3.05, 3.63) is 23.3 Å². The van der Waals surface area contributed by atoms with Crippen molar-refractivity contribution in [3.63, 3.8) is 0 Å². The molecule has 21 heavy (non-hydrogen) atoms. The van der Waals surface area contributed by atoms with Crippen LogP contribution in [-0.2, 0) is 10.0 Å². The highest BCUT2D eigenvalue weighted by Crippen LogP contribution is 2.31. The Morgan fingerprint density at radius 3 is 2.19 bits per heavy atom. The zero-order valence-electron chi connectivity index (χ0n) is 13.5. The predicted octanol–water partition coefficient (Wildman–Crippen LogP) is 2.98. The van der Waals surface area contributed by atoms with Crippen molar-refractivity contribution >= 4 is 10.0 Å². The molecule has 1 aromatic carbocycles. The van der Waals surface area contributed by atoms with Crippen molar-refractivity contribution in [2.24, 2.45) is 11.8 Å². The van der Waals surface area contributed by atoms with Crippen LogP contribution in [0, 0.1) is 25.7 Å². The predicted molar refractivity (Wildman–Crippen MR) is 84.2 cm³/mol. The minimum atomic E-state index is -3.43. The zero-order chi connectivity index (χ0) is 15.8. The molecule has 0 bridgehead atoms. The van der Waals surface area contributed by atoms with Gasteiger partial charge in [-0.3, -0.25) is 0 Å². The van der Waals surface area contributed by atoms with Gasteiger partial charge in [-0.2, -0.15) is 4.31 Å². The van der Waals surface area contributed by atoms with Crippen LogP contribution in [0.1, 0.15) is 31.4 Å². The average molecular weight is 311 g/mol. The maximum Gasteiger partial charge on any atom is 0.243 e. The van der Waals surface area contributed by atoms with E-state index in [1.54, 1.807) is 23.5 Å². The molecule has 1 heterocycles. The lowest BCUT2D eigenvalue weighted by atomic mass is 9.94. The summed E-state index contributed by atoms with van der Waals surface area (Å²) in [6, 6.07) is 3.53. The maximum absolute atomic E-state index is 12.9. The van der Waals surface area contributed by atoms with Gasteiger partial charge in [0, 0.05) is 13.1 Å². The van der Waals surface area contributed by atoms with Gasteiger partial charge in [0.25, 0.3) is 0 Å². The first-order valence-corrected chi connectivity index (χ1v) is 8.85. The third kappa shape index (κ3) is 3.24. The van der Waals surface area contributed by atoms with Crippen LogP contribution in [-0.4, -0.2) is 32.9 Å². The number of benzene rings is 1. The van der Waals surface area contributed by atoms with Crippen molar-refractivity contribution in [1.29, 1.82) is 0 Å². The van der Waals surface area contributed by atoms with E-state index in [0.29, 0.717) is 29.8 Å². The van der Waals surface area contributed by atoms with E-state index in [0.717, 1.165) is 23.3 Å². The van der Waals surface area contributed by atoms with E-state index < -0.39 is 10.0 Å². The van der Waals surface area contributed by atoms with Gasteiger partial charge in [-0.05, 0) is 55.4 Å². The van der Waals surface area contributed by atoms with E-state index in [1.165, 1.54) is 0 Å². The molecule has 0 amide bonds. The van der Waals surface area contributed by atoms with Crippen LogP contribution in [0.4, 0.5) is 0 Å². The number of nitrogens with zero attached hydrogens (tertiary/aromatic N) is 1. The summed E-state index contributed by atoms with van der Waals surface area (Å²) in [5.74, 6) is 1.54. The molecule has 0 radical (unpaired) electrons. The lowest BCUT2D eigenvalue weighted by molar-refractivity contribution is 0.222. The molecule has 2 atom stereocenters.